The minimum absolute atomic E-state index is 0.143. The SMILES string of the molecule is Nc1cccc(C(=O)c2c[nH]c3cc(Br)ccc23)c1Cl. The van der Waals surface area contributed by atoms with E-state index < -0.39 is 0 Å². The maximum atomic E-state index is 12.6. The summed E-state index contributed by atoms with van der Waals surface area (Å²) in [5.41, 5.74) is 8.04. The second-order valence-corrected chi connectivity index (χ2v) is 5.72. The van der Waals surface area contributed by atoms with Crippen LogP contribution in [0.2, 0.25) is 5.02 Å². The number of carbonyl (C=O) groups excluding carboxylic acids is 1. The highest BCUT2D eigenvalue weighted by atomic mass is 79.9. The van der Waals surface area contributed by atoms with E-state index in [1.165, 1.54) is 0 Å². The number of halogens is 2. The number of rotatable bonds is 2. The van der Waals surface area contributed by atoms with Gasteiger partial charge in [0.1, 0.15) is 0 Å². The third kappa shape index (κ3) is 2.11. The van der Waals surface area contributed by atoms with Crippen molar-refractivity contribution in [1.29, 1.82) is 0 Å². The van der Waals surface area contributed by atoms with E-state index in [-0.39, 0.29) is 5.78 Å². The highest BCUT2D eigenvalue weighted by molar-refractivity contribution is 9.10. The molecule has 3 N–H and O–H groups in total. The molecule has 0 unspecified atom stereocenters. The van der Waals surface area contributed by atoms with Crippen molar-refractivity contribution in [2.45, 2.75) is 0 Å². The van der Waals surface area contributed by atoms with Crippen LogP contribution in [0, 0.1) is 0 Å². The summed E-state index contributed by atoms with van der Waals surface area (Å²) in [4.78, 5) is 15.7. The van der Waals surface area contributed by atoms with E-state index in [9.17, 15) is 4.79 Å². The molecular weight excluding hydrogens is 340 g/mol. The molecule has 3 nitrogen and oxygen atoms in total. The van der Waals surface area contributed by atoms with Crippen molar-refractivity contribution in [2.24, 2.45) is 0 Å². The van der Waals surface area contributed by atoms with Crippen molar-refractivity contribution in [2.75, 3.05) is 5.73 Å². The molecule has 0 aliphatic rings. The summed E-state index contributed by atoms with van der Waals surface area (Å²) in [7, 11) is 0. The van der Waals surface area contributed by atoms with Crippen LogP contribution < -0.4 is 5.73 Å². The van der Waals surface area contributed by atoms with Gasteiger partial charge in [-0.2, -0.15) is 0 Å². The number of hydrogen-bond acceptors (Lipinski definition) is 2. The van der Waals surface area contributed by atoms with Crippen molar-refractivity contribution < 1.29 is 4.79 Å². The molecule has 0 bridgehead atoms. The molecule has 0 saturated carbocycles. The number of anilines is 1. The first-order chi connectivity index (χ1) is 9.58. The summed E-state index contributed by atoms with van der Waals surface area (Å²) in [5, 5.41) is 1.15. The van der Waals surface area contributed by atoms with Gasteiger partial charge >= 0.3 is 0 Å². The zero-order valence-electron chi connectivity index (χ0n) is 10.3. The Morgan fingerprint density at radius 1 is 1.20 bits per heavy atom. The topological polar surface area (TPSA) is 58.9 Å². The quantitative estimate of drug-likeness (QED) is 0.532. The van der Waals surface area contributed by atoms with E-state index >= 15 is 0 Å². The molecule has 1 aromatic heterocycles. The monoisotopic (exact) mass is 348 g/mol. The Morgan fingerprint density at radius 3 is 2.80 bits per heavy atom. The number of nitrogen functional groups attached to an aromatic ring is 1. The summed E-state index contributed by atoms with van der Waals surface area (Å²) in [6, 6.07) is 10.8. The van der Waals surface area contributed by atoms with Crippen LogP contribution in [0.25, 0.3) is 10.9 Å². The minimum Gasteiger partial charge on any atom is -0.398 e. The van der Waals surface area contributed by atoms with E-state index in [1.54, 1.807) is 24.4 Å². The Labute approximate surface area is 128 Å². The molecule has 0 amide bonds. The molecule has 3 aromatic rings. The van der Waals surface area contributed by atoms with Crippen LogP contribution in [0.3, 0.4) is 0 Å². The largest absolute Gasteiger partial charge is 0.398 e. The van der Waals surface area contributed by atoms with Crippen molar-refractivity contribution in [3.05, 3.63) is 63.2 Å². The third-order valence-corrected chi connectivity index (χ3v) is 4.08. The summed E-state index contributed by atoms with van der Waals surface area (Å²) >= 11 is 9.52. The zero-order valence-corrected chi connectivity index (χ0v) is 12.6. The average Bonchev–Trinajstić information content (AvgIpc) is 2.84. The highest BCUT2D eigenvalue weighted by Crippen LogP contribution is 2.29. The number of nitrogens with one attached hydrogen (secondary N) is 1. The van der Waals surface area contributed by atoms with Gasteiger partial charge in [-0.15, -0.1) is 0 Å². The second-order valence-electron chi connectivity index (χ2n) is 4.43. The Hall–Kier alpha value is -1.78. The number of ketones is 1. The van der Waals surface area contributed by atoms with Crippen LogP contribution in [0.4, 0.5) is 5.69 Å². The maximum Gasteiger partial charge on any atom is 0.196 e. The molecule has 0 radical (unpaired) electrons. The number of H-pyrrole nitrogens is 1. The van der Waals surface area contributed by atoms with Crippen molar-refractivity contribution in [3.63, 3.8) is 0 Å². The van der Waals surface area contributed by atoms with Gasteiger partial charge < -0.3 is 10.7 Å². The van der Waals surface area contributed by atoms with Gasteiger partial charge in [0.2, 0.25) is 0 Å². The molecule has 0 aliphatic carbocycles. The van der Waals surface area contributed by atoms with Crippen molar-refractivity contribution >= 4 is 49.9 Å². The standard InChI is InChI=1S/C15H10BrClN2O/c16-8-4-5-9-11(7-19-13(9)6-8)15(20)10-2-1-3-12(18)14(10)17/h1-7,19H,18H2. The molecule has 0 fully saturated rings. The van der Waals surface area contributed by atoms with E-state index in [2.05, 4.69) is 20.9 Å². The third-order valence-electron chi connectivity index (χ3n) is 3.16. The van der Waals surface area contributed by atoms with Crippen LogP contribution in [0.1, 0.15) is 15.9 Å². The Balaban J connectivity index is 2.16. The van der Waals surface area contributed by atoms with Gasteiger partial charge in [-0.05, 0) is 24.3 Å². The van der Waals surface area contributed by atoms with Gasteiger partial charge in [0.15, 0.2) is 5.78 Å². The van der Waals surface area contributed by atoms with E-state index in [4.69, 9.17) is 17.3 Å². The number of carbonyl (C=O) groups is 1. The van der Waals surface area contributed by atoms with Gasteiger partial charge in [0.05, 0.1) is 10.7 Å². The van der Waals surface area contributed by atoms with E-state index in [1.807, 2.05) is 18.2 Å². The number of benzene rings is 2. The maximum absolute atomic E-state index is 12.6. The number of fused-ring (bicyclic) bond motifs is 1. The minimum atomic E-state index is -0.143. The number of hydrogen-bond donors (Lipinski definition) is 2. The molecular formula is C15H10BrClN2O. The highest BCUT2D eigenvalue weighted by Gasteiger charge is 2.17. The number of aromatic amines is 1. The lowest BCUT2D eigenvalue weighted by Gasteiger charge is -2.05. The Morgan fingerprint density at radius 2 is 2.00 bits per heavy atom. The smallest absolute Gasteiger partial charge is 0.196 e. The molecule has 0 spiro atoms. The Kier molecular flexibility index (Phi) is 3.28. The predicted octanol–water partition coefficient (Wildman–Crippen LogP) is 4.40. The summed E-state index contributed by atoms with van der Waals surface area (Å²) in [6.07, 6.45) is 1.69. The fourth-order valence-electron chi connectivity index (χ4n) is 2.16. The molecule has 3 rings (SSSR count). The summed E-state index contributed by atoms with van der Waals surface area (Å²) in [6.45, 7) is 0. The molecule has 2 aromatic carbocycles. The fourth-order valence-corrected chi connectivity index (χ4v) is 2.73. The van der Waals surface area contributed by atoms with Gasteiger partial charge in [0, 0.05) is 32.7 Å². The lowest BCUT2D eigenvalue weighted by Crippen LogP contribution is -2.03. The van der Waals surface area contributed by atoms with Crippen LogP contribution in [0.15, 0.2) is 47.1 Å². The normalized spacial score (nSPS) is 10.9. The zero-order chi connectivity index (χ0) is 14.3. The van der Waals surface area contributed by atoms with Crippen molar-refractivity contribution in [1.82, 2.24) is 4.98 Å². The van der Waals surface area contributed by atoms with Gasteiger partial charge in [0.25, 0.3) is 0 Å². The average molecular weight is 350 g/mol. The number of aromatic nitrogens is 1. The lowest BCUT2D eigenvalue weighted by molar-refractivity contribution is 0.104. The van der Waals surface area contributed by atoms with Gasteiger partial charge in [-0.3, -0.25) is 4.79 Å². The molecule has 5 heteroatoms. The molecule has 0 aliphatic heterocycles. The van der Waals surface area contributed by atoms with E-state index in [0.717, 1.165) is 15.4 Å². The fraction of sp³-hybridized carbons (Fsp3) is 0. The molecule has 0 saturated heterocycles. The van der Waals surface area contributed by atoms with Crippen LogP contribution >= 0.6 is 27.5 Å². The molecule has 1 heterocycles. The van der Waals surface area contributed by atoms with E-state index in [0.29, 0.717) is 21.8 Å². The Bertz CT molecular complexity index is 826. The first-order valence-corrected chi connectivity index (χ1v) is 7.10. The summed E-state index contributed by atoms with van der Waals surface area (Å²) < 4.78 is 0.952. The molecule has 20 heavy (non-hydrogen) atoms. The number of nitrogens with two attached hydrogens (primary N) is 1. The lowest BCUT2D eigenvalue weighted by atomic mass is 10.0. The second kappa shape index (κ2) is 4.96. The van der Waals surface area contributed by atoms with Crippen LogP contribution in [-0.4, -0.2) is 10.8 Å². The van der Waals surface area contributed by atoms with Crippen LogP contribution in [0.5, 0.6) is 0 Å². The summed E-state index contributed by atoms with van der Waals surface area (Å²) in [5.74, 6) is -0.143. The molecule has 100 valence electrons. The first kappa shape index (κ1) is 13.2. The molecule has 0 atom stereocenters. The predicted molar refractivity (Wildman–Crippen MR) is 85.3 cm³/mol. The van der Waals surface area contributed by atoms with Crippen LogP contribution in [-0.2, 0) is 0 Å². The van der Waals surface area contributed by atoms with Gasteiger partial charge in [-0.25, -0.2) is 0 Å². The van der Waals surface area contributed by atoms with Gasteiger partial charge in [-0.1, -0.05) is 39.7 Å². The van der Waals surface area contributed by atoms with Crippen molar-refractivity contribution in [3.8, 4) is 0 Å². The first-order valence-electron chi connectivity index (χ1n) is 5.93.